The first-order valence-electron chi connectivity index (χ1n) is 9.38. The molecule has 1 aromatic heterocycles. The summed E-state index contributed by atoms with van der Waals surface area (Å²) in [5.74, 6) is -1.62. The molecule has 0 spiro atoms. The lowest BCUT2D eigenvalue weighted by atomic mass is 10.2. The average molecular weight is 450 g/mol. The average Bonchev–Trinajstić information content (AvgIpc) is 3.01. The van der Waals surface area contributed by atoms with Crippen molar-refractivity contribution < 1.29 is 22.0 Å². The van der Waals surface area contributed by atoms with Crippen LogP contribution in [0.15, 0.2) is 56.6 Å². The third-order valence-electron chi connectivity index (χ3n) is 4.61. The highest BCUT2D eigenvalue weighted by molar-refractivity contribution is 7.89. The van der Waals surface area contributed by atoms with Crippen molar-refractivity contribution in [2.75, 3.05) is 39.5 Å². The second kappa shape index (κ2) is 9.00. The van der Waals surface area contributed by atoms with Crippen molar-refractivity contribution in [3.05, 3.63) is 58.8 Å². The fourth-order valence-electron chi connectivity index (χ4n) is 2.93. The molecule has 0 bridgehead atoms. The van der Waals surface area contributed by atoms with E-state index in [0.717, 1.165) is 28.6 Å². The van der Waals surface area contributed by atoms with Gasteiger partial charge in [0.1, 0.15) is 5.82 Å². The van der Waals surface area contributed by atoms with Crippen molar-refractivity contribution in [3.63, 3.8) is 0 Å². The Morgan fingerprint density at radius 3 is 2.45 bits per heavy atom. The molecule has 11 heteroatoms. The fourth-order valence-corrected chi connectivity index (χ4v) is 4.05. The zero-order chi connectivity index (χ0) is 22.8. The molecule has 0 aliphatic carbocycles. The molecule has 9 nitrogen and oxygen atoms in total. The third kappa shape index (κ3) is 5.19. The van der Waals surface area contributed by atoms with Gasteiger partial charge in [-0.2, -0.15) is 4.31 Å². The maximum atomic E-state index is 13.1. The van der Waals surface area contributed by atoms with Gasteiger partial charge in [0.25, 0.3) is 0 Å². The number of nitrogens with zero attached hydrogens (tertiary/aromatic N) is 3. The lowest BCUT2D eigenvalue weighted by Gasteiger charge is -2.17. The Balaban J connectivity index is 1.74. The number of aromatic nitrogens is 1. The SMILES string of the molecule is CN(C)CCn1c(=O)oc2ccc(NC(=O)CN(C)S(=O)(=O)c3ccc(F)cc3)cc21. The van der Waals surface area contributed by atoms with E-state index in [4.69, 9.17) is 4.42 Å². The Morgan fingerprint density at radius 2 is 1.81 bits per heavy atom. The summed E-state index contributed by atoms with van der Waals surface area (Å²) in [6, 6.07) is 9.08. The van der Waals surface area contributed by atoms with Crippen LogP contribution in [0, 0.1) is 5.82 Å². The van der Waals surface area contributed by atoms with Gasteiger partial charge in [-0.1, -0.05) is 0 Å². The number of halogens is 1. The van der Waals surface area contributed by atoms with Gasteiger partial charge in [-0.25, -0.2) is 17.6 Å². The van der Waals surface area contributed by atoms with Gasteiger partial charge >= 0.3 is 5.76 Å². The molecule has 3 rings (SSSR count). The van der Waals surface area contributed by atoms with Crippen LogP contribution in [-0.4, -0.2) is 62.3 Å². The highest BCUT2D eigenvalue weighted by Gasteiger charge is 2.23. The van der Waals surface area contributed by atoms with E-state index in [2.05, 4.69) is 5.32 Å². The number of amides is 1. The van der Waals surface area contributed by atoms with E-state index in [0.29, 0.717) is 29.9 Å². The van der Waals surface area contributed by atoms with E-state index < -0.39 is 34.0 Å². The number of benzene rings is 2. The van der Waals surface area contributed by atoms with Gasteiger partial charge in [0.2, 0.25) is 15.9 Å². The Hall–Kier alpha value is -3.02. The van der Waals surface area contributed by atoms with Gasteiger partial charge in [-0.15, -0.1) is 0 Å². The van der Waals surface area contributed by atoms with Gasteiger partial charge in [0.15, 0.2) is 5.58 Å². The lowest BCUT2D eigenvalue weighted by molar-refractivity contribution is -0.116. The quantitative estimate of drug-likeness (QED) is 0.558. The smallest absolute Gasteiger partial charge is 0.408 e. The number of rotatable bonds is 8. The second-order valence-electron chi connectivity index (χ2n) is 7.27. The number of carbonyl (C=O) groups is 1. The molecule has 1 heterocycles. The van der Waals surface area contributed by atoms with Crippen molar-refractivity contribution in [2.24, 2.45) is 0 Å². The van der Waals surface area contributed by atoms with Crippen LogP contribution in [0.2, 0.25) is 0 Å². The lowest BCUT2D eigenvalue weighted by Crippen LogP contribution is -2.35. The molecule has 0 aliphatic rings. The Labute approximate surface area is 178 Å². The summed E-state index contributed by atoms with van der Waals surface area (Å²) in [7, 11) is 1.07. The second-order valence-corrected chi connectivity index (χ2v) is 9.31. The zero-order valence-corrected chi connectivity index (χ0v) is 18.1. The largest absolute Gasteiger partial charge is 0.419 e. The molecule has 31 heavy (non-hydrogen) atoms. The van der Waals surface area contributed by atoms with E-state index in [1.165, 1.54) is 11.6 Å². The minimum absolute atomic E-state index is 0.117. The minimum atomic E-state index is -3.96. The number of hydrogen-bond acceptors (Lipinski definition) is 6. The summed E-state index contributed by atoms with van der Waals surface area (Å²) >= 11 is 0. The van der Waals surface area contributed by atoms with Gasteiger partial charge in [0, 0.05) is 25.8 Å². The number of oxazole rings is 1. The number of carbonyl (C=O) groups excluding carboxylic acids is 1. The number of fused-ring (bicyclic) bond motifs is 1. The van der Waals surface area contributed by atoms with E-state index in [1.54, 1.807) is 18.2 Å². The number of likely N-dealkylation sites (N-methyl/N-ethyl adjacent to an activating group) is 2. The van der Waals surface area contributed by atoms with E-state index in [1.807, 2.05) is 19.0 Å². The summed E-state index contributed by atoms with van der Waals surface area (Å²) in [5.41, 5.74) is 1.30. The van der Waals surface area contributed by atoms with E-state index in [-0.39, 0.29) is 4.90 Å². The zero-order valence-electron chi connectivity index (χ0n) is 17.3. The summed E-state index contributed by atoms with van der Waals surface area (Å²) in [4.78, 5) is 26.3. The maximum Gasteiger partial charge on any atom is 0.419 e. The first kappa shape index (κ1) is 22.7. The first-order valence-corrected chi connectivity index (χ1v) is 10.8. The highest BCUT2D eigenvalue weighted by Crippen LogP contribution is 2.19. The van der Waals surface area contributed by atoms with Crippen molar-refractivity contribution in [3.8, 4) is 0 Å². The molecular formula is C20H23FN4O5S. The van der Waals surface area contributed by atoms with E-state index >= 15 is 0 Å². The molecule has 1 amide bonds. The summed E-state index contributed by atoms with van der Waals surface area (Å²) in [6.45, 7) is 0.586. The molecule has 3 aromatic rings. The highest BCUT2D eigenvalue weighted by atomic mass is 32.2. The standard InChI is InChI=1S/C20H23FN4O5S/c1-23(2)10-11-25-17-12-15(6-9-18(17)30-20(25)27)22-19(26)13-24(3)31(28,29)16-7-4-14(21)5-8-16/h4-9,12H,10-11,13H2,1-3H3,(H,22,26). The van der Waals surface area contributed by atoms with Crippen LogP contribution >= 0.6 is 0 Å². The van der Waals surface area contributed by atoms with Crippen molar-refractivity contribution in [1.29, 1.82) is 0 Å². The molecule has 0 saturated carbocycles. The first-order chi connectivity index (χ1) is 14.6. The normalized spacial score (nSPS) is 12.1. The molecule has 0 radical (unpaired) electrons. The number of hydrogen-bond donors (Lipinski definition) is 1. The van der Waals surface area contributed by atoms with Crippen LogP contribution < -0.4 is 11.1 Å². The Bertz CT molecular complexity index is 1250. The summed E-state index contributed by atoms with van der Waals surface area (Å²) in [6.07, 6.45) is 0. The topological polar surface area (TPSA) is 105 Å². The molecule has 0 unspecified atom stereocenters. The molecule has 166 valence electrons. The van der Waals surface area contributed by atoms with Crippen molar-refractivity contribution in [2.45, 2.75) is 11.4 Å². The van der Waals surface area contributed by atoms with Crippen LogP contribution in [0.5, 0.6) is 0 Å². The molecule has 1 N–H and O–H groups in total. The van der Waals surface area contributed by atoms with Crippen LogP contribution in [0.3, 0.4) is 0 Å². The van der Waals surface area contributed by atoms with Crippen molar-refractivity contribution >= 4 is 32.7 Å². The molecule has 0 fully saturated rings. The van der Waals surface area contributed by atoms with Crippen LogP contribution in [0.25, 0.3) is 11.1 Å². The maximum absolute atomic E-state index is 13.1. The van der Waals surface area contributed by atoms with Crippen LogP contribution in [0.4, 0.5) is 10.1 Å². The number of nitrogens with one attached hydrogen (secondary N) is 1. The molecular weight excluding hydrogens is 427 g/mol. The molecule has 0 aliphatic heterocycles. The van der Waals surface area contributed by atoms with Gasteiger partial charge in [-0.3, -0.25) is 9.36 Å². The molecule has 0 saturated heterocycles. The Kier molecular flexibility index (Phi) is 6.58. The number of sulfonamides is 1. The van der Waals surface area contributed by atoms with Gasteiger partial charge < -0.3 is 14.6 Å². The van der Waals surface area contributed by atoms with Crippen molar-refractivity contribution in [1.82, 2.24) is 13.8 Å². The fraction of sp³-hybridized carbons (Fsp3) is 0.300. The molecule has 2 aromatic carbocycles. The third-order valence-corrected chi connectivity index (χ3v) is 6.43. The predicted octanol–water partition coefficient (Wildman–Crippen LogP) is 1.55. The van der Waals surface area contributed by atoms with Gasteiger partial charge in [0.05, 0.1) is 17.0 Å². The minimum Gasteiger partial charge on any atom is -0.408 e. The Morgan fingerprint density at radius 1 is 1.13 bits per heavy atom. The number of anilines is 1. The summed E-state index contributed by atoms with van der Waals surface area (Å²) < 4.78 is 45.7. The van der Waals surface area contributed by atoms with Crippen LogP contribution in [0.1, 0.15) is 0 Å². The van der Waals surface area contributed by atoms with Gasteiger partial charge in [-0.05, 0) is 56.6 Å². The summed E-state index contributed by atoms with van der Waals surface area (Å²) in [5, 5.41) is 2.63. The monoisotopic (exact) mass is 450 g/mol. The van der Waals surface area contributed by atoms with Crippen LogP contribution in [-0.2, 0) is 21.4 Å². The molecule has 0 atom stereocenters. The van der Waals surface area contributed by atoms with E-state index in [9.17, 15) is 22.4 Å². The predicted molar refractivity (Wildman–Crippen MR) is 114 cm³/mol.